The van der Waals surface area contributed by atoms with E-state index in [1.807, 2.05) is 50.3 Å². The Morgan fingerprint density at radius 2 is 1.71 bits per heavy atom. The predicted molar refractivity (Wildman–Crippen MR) is 84.2 cm³/mol. The molecule has 0 aliphatic carbocycles. The summed E-state index contributed by atoms with van der Waals surface area (Å²) in [6.45, 7) is 8.63. The van der Waals surface area contributed by atoms with E-state index in [1.165, 1.54) is 0 Å². The number of piperidine rings is 1. The Labute approximate surface area is 139 Å². The van der Waals surface area contributed by atoms with Gasteiger partial charge in [-0.3, -0.25) is 4.79 Å². The van der Waals surface area contributed by atoms with Crippen molar-refractivity contribution in [3.8, 4) is 0 Å². The summed E-state index contributed by atoms with van der Waals surface area (Å²) in [6.07, 6.45) is 0.577. The molecular weight excluding hydrogens is 389 g/mol. The highest BCUT2D eigenvalue weighted by atomic mass is 127. The standard InChI is InChI=1S/C14H23INO5/c1-9(15)12(18)20-8-11(17)21-10-6-13(2,3)16(19)14(4,5)7-10/h9-10H,6-8H2,1-5H3. The number of hydrogen-bond donors (Lipinski definition) is 0. The summed E-state index contributed by atoms with van der Waals surface area (Å²) in [5, 5.41) is 13.3. The van der Waals surface area contributed by atoms with E-state index in [2.05, 4.69) is 0 Å². The Morgan fingerprint density at radius 1 is 1.24 bits per heavy atom. The van der Waals surface area contributed by atoms with Crippen LogP contribution in [0.15, 0.2) is 0 Å². The zero-order chi connectivity index (χ0) is 16.4. The van der Waals surface area contributed by atoms with Crippen LogP contribution < -0.4 is 0 Å². The topological polar surface area (TPSA) is 75.7 Å². The minimum atomic E-state index is -0.597. The van der Waals surface area contributed by atoms with E-state index in [9.17, 15) is 14.8 Å². The van der Waals surface area contributed by atoms with Crippen molar-refractivity contribution < 1.29 is 24.3 Å². The number of carbonyl (C=O) groups is 2. The van der Waals surface area contributed by atoms with Crippen LogP contribution in [-0.2, 0) is 24.3 Å². The second-order valence-electron chi connectivity index (χ2n) is 6.66. The highest BCUT2D eigenvalue weighted by molar-refractivity contribution is 14.1. The van der Waals surface area contributed by atoms with Crippen LogP contribution in [0.5, 0.6) is 0 Å². The lowest BCUT2D eigenvalue weighted by Gasteiger charge is -2.49. The Hall–Kier alpha value is -0.410. The molecule has 6 nitrogen and oxygen atoms in total. The maximum atomic E-state index is 12.2. The number of rotatable bonds is 4. The van der Waals surface area contributed by atoms with Crippen LogP contribution in [0.4, 0.5) is 0 Å². The fourth-order valence-corrected chi connectivity index (χ4v) is 2.90. The van der Waals surface area contributed by atoms with Gasteiger partial charge in [0.25, 0.3) is 0 Å². The van der Waals surface area contributed by atoms with E-state index in [1.54, 1.807) is 6.92 Å². The number of alkyl halides is 1. The van der Waals surface area contributed by atoms with E-state index in [4.69, 9.17) is 9.47 Å². The summed E-state index contributed by atoms with van der Waals surface area (Å²) in [7, 11) is 0. The summed E-state index contributed by atoms with van der Waals surface area (Å²) in [4.78, 5) is 23.1. The molecule has 0 bridgehead atoms. The molecule has 1 atom stereocenters. The third-order valence-electron chi connectivity index (χ3n) is 3.51. The lowest BCUT2D eigenvalue weighted by atomic mass is 9.80. The molecule has 7 heteroatoms. The number of ether oxygens (including phenoxy) is 2. The van der Waals surface area contributed by atoms with Crippen LogP contribution in [0, 0.1) is 0 Å². The first-order chi connectivity index (χ1) is 9.45. The zero-order valence-electron chi connectivity index (χ0n) is 13.1. The molecule has 1 rings (SSSR count). The van der Waals surface area contributed by atoms with Crippen LogP contribution in [0.1, 0.15) is 47.5 Å². The van der Waals surface area contributed by atoms with Gasteiger partial charge in [-0.2, -0.15) is 0 Å². The van der Waals surface area contributed by atoms with E-state index in [0.717, 1.165) is 5.06 Å². The highest BCUT2D eigenvalue weighted by Gasteiger charge is 2.47. The van der Waals surface area contributed by atoms with Crippen molar-refractivity contribution >= 4 is 34.5 Å². The number of hydroxylamine groups is 2. The average molecular weight is 412 g/mol. The van der Waals surface area contributed by atoms with Crippen molar-refractivity contribution in [3.63, 3.8) is 0 Å². The average Bonchev–Trinajstić information content (AvgIpc) is 2.32. The summed E-state index contributed by atoms with van der Waals surface area (Å²) in [5.74, 6) is -1.01. The lowest BCUT2D eigenvalue weighted by Crippen LogP contribution is -2.60. The maximum Gasteiger partial charge on any atom is 0.344 e. The van der Waals surface area contributed by atoms with Crippen molar-refractivity contribution in [2.45, 2.75) is 68.6 Å². The Morgan fingerprint density at radius 3 is 2.14 bits per heavy atom. The molecule has 0 aromatic carbocycles. The number of esters is 2. The second kappa shape index (κ2) is 6.78. The van der Waals surface area contributed by atoms with Gasteiger partial charge in [-0.05, 0) is 34.6 Å². The highest BCUT2D eigenvalue weighted by Crippen LogP contribution is 2.38. The van der Waals surface area contributed by atoms with E-state index >= 15 is 0 Å². The van der Waals surface area contributed by atoms with Crippen LogP contribution >= 0.6 is 22.6 Å². The molecule has 0 amide bonds. The number of hydrogen-bond acceptors (Lipinski definition) is 5. The van der Waals surface area contributed by atoms with Crippen molar-refractivity contribution in [2.75, 3.05) is 6.61 Å². The number of nitrogens with zero attached hydrogens (tertiary/aromatic N) is 1. The van der Waals surface area contributed by atoms with Gasteiger partial charge in [-0.25, -0.2) is 4.79 Å². The Balaban J connectivity index is 2.55. The molecule has 1 unspecified atom stereocenters. The molecule has 1 heterocycles. The van der Waals surface area contributed by atoms with Crippen LogP contribution in [0.3, 0.4) is 0 Å². The largest absolute Gasteiger partial charge is 0.460 e. The Kier molecular flexibility index (Phi) is 6.02. The maximum absolute atomic E-state index is 12.2. The van der Waals surface area contributed by atoms with Gasteiger partial charge in [0, 0.05) is 23.9 Å². The first-order valence-electron chi connectivity index (χ1n) is 6.93. The third kappa shape index (κ3) is 5.07. The van der Waals surface area contributed by atoms with E-state index < -0.39 is 23.0 Å². The fraction of sp³-hybridized carbons (Fsp3) is 0.857. The molecule has 0 saturated carbocycles. The van der Waals surface area contributed by atoms with Gasteiger partial charge in [0.05, 0.1) is 0 Å². The summed E-state index contributed by atoms with van der Waals surface area (Å²) in [6, 6.07) is 0. The molecule has 1 radical (unpaired) electrons. The van der Waals surface area contributed by atoms with Gasteiger partial charge in [-0.1, -0.05) is 22.6 Å². The van der Waals surface area contributed by atoms with Crippen molar-refractivity contribution in [3.05, 3.63) is 0 Å². The first kappa shape index (κ1) is 18.6. The quantitative estimate of drug-likeness (QED) is 0.402. The minimum absolute atomic E-state index is 0.308. The lowest BCUT2D eigenvalue weighted by molar-refractivity contribution is -0.299. The van der Waals surface area contributed by atoms with Gasteiger partial charge in [0.1, 0.15) is 10.0 Å². The van der Waals surface area contributed by atoms with Gasteiger partial charge in [0.15, 0.2) is 6.61 Å². The van der Waals surface area contributed by atoms with Gasteiger partial charge in [-0.15, -0.1) is 10.3 Å². The van der Waals surface area contributed by atoms with Crippen molar-refractivity contribution in [2.24, 2.45) is 0 Å². The minimum Gasteiger partial charge on any atom is -0.460 e. The van der Waals surface area contributed by atoms with Gasteiger partial charge >= 0.3 is 11.9 Å². The smallest absolute Gasteiger partial charge is 0.344 e. The first-order valence-corrected chi connectivity index (χ1v) is 8.18. The normalized spacial score (nSPS) is 23.4. The van der Waals surface area contributed by atoms with Crippen LogP contribution in [-0.4, -0.2) is 44.7 Å². The number of halogens is 1. The summed E-state index contributed by atoms with van der Waals surface area (Å²) >= 11 is 1.91. The van der Waals surface area contributed by atoms with Gasteiger partial charge < -0.3 is 9.47 Å². The summed E-state index contributed by atoms with van der Waals surface area (Å²) in [5.41, 5.74) is -1.19. The van der Waals surface area contributed by atoms with Crippen LogP contribution in [0.2, 0.25) is 0 Å². The summed E-state index contributed by atoms with van der Waals surface area (Å²) < 4.78 is 9.89. The van der Waals surface area contributed by atoms with E-state index in [-0.39, 0.29) is 16.6 Å². The predicted octanol–water partition coefficient (Wildman–Crippen LogP) is 2.26. The molecule has 0 aromatic heterocycles. The Bertz CT molecular complexity index is 390. The number of carbonyl (C=O) groups excluding carboxylic acids is 2. The molecular formula is C14H23INO5. The molecule has 121 valence electrons. The molecule has 1 saturated heterocycles. The molecule has 1 aliphatic heterocycles. The molecule has 1 aliphatic rings. The van der Waals surface area contributed by atoms with Crippen LogP contribution in [0.25, 0.3) is 0 Å². The van der Waals surface area contributed by atoms with E-state index in [0.29, 0.717) is 12.8 Å². The molecule has 0 aromatic rings. The molecule has 0 N–H and O–H groups in total. The molecule has 0 spiro atoms. The zero-order valence-corrected chi connectivity index (χ0v) is 15.3. The SMILES string of the molecule is CC(I)C(=O)OCC(=O)OC1CC(C)(C)N([O])C(C)(C)C1. The molecule has 1 fully saturated rings. The second-order valence-corrected chi connectivity index (χ2v) is 8.53. The van der Waals surface area contributed by atoms with Crippen molar-refractivity contribution in [1.82, 2.24) is 5.06 Å². The van der Waals surface area contributed by atoms with Crippen molar-refractivity contribution in [1.29, 1.82) is 0 Å². The molecule has 21 heavy (non-hydrogen) atoms. The third-order valence-corrected chi connectivity index (χ3v) is 4.02. The monoisotopic (exact) mass is 412 g/mol. The van der Waals surface area contributed by atoms with Gasteiger partial charge in [0.2, 0.25) is 0 Å². The fourth-order valence-electron chi connectivity index (χ4n) is 2.72.